The third-order valence-electron chi connectivity index (χ3n) is 5.19. The minimum atomic E-state index is -1.53. The fourth-order valence-electron chi connectivity index (χ4n) is 3.58. The van der Waals surface area contributed by atoms with Gasteiger partial charge < -0.3 is 24.4 Å². The molecule has 2 aliphatic heterocycles. The van der Waals surface area contributed by atoms with Gasteiger partial charge in [0.1, 0.15) is 25.5 Å². The molecule has 0 radical (unpaired) electrons. The molecule has 31 heavy (non-hydrogen) atoms. The number of aliphatic hydroxyl groups is 2. The molecule has 0 aliphatic carbocycles. The Balaban J connectivity index is 2.10. The van der Waals surface area contributed by atoms with E-state index in [2.05, 4.69) is 31.1 Å². The normalized spacial score (nSPS) is 26.3. The maximum Gasteiger partial charge on any atom is 0.343 e. The number of carbonyl (C=O) groups excluding carboxylic acids is 1. The first-order chi connectivity index (χ1) is 14.3. The molecule has 0 aromatic heterocycles. The number of cyclic esters (lactones) is 1. The van der Waals surface area contributed by atoms with Crippen LogP contribution in [0.5, 0.6) is 0 Å². The molecular formula is C24H38O6Si. The summed E-state index contributed by atoms with van der Waals surface area (Å²) in [5, 5.41) is 19.7. The second-order valence-corrected chi connectivity index (χ2v) is 14.9. The van der Waals surface area contributed by atoms with E-state index >= 15 is 0 Å². The Hall–Kier alpha value is -1.59. The molecule has 0 aromatic carbocycles. The Morgan fingerprint density at radius 1 is 1.23 bits per heavy atom. The van der Waals surface area contributed by atoms with Gasteiger partial charge >= 0.3 is 5.97 Å². The van der Waals surface area contributed by atoms with E-state index in [1.807, 2.05) is 26.0 Å². The second-order valence-electron chi connectivity index (χ2n) is 10.1. The van der Waals surface area contributed by atoms with Crippen LogP contribution in [-0.2, 0) is 19.0 Å². The summed E-state index contributed by atoms with van der Waals surface area (Å²) in [6.07, 6.45) is 4.13. The van der Waals surface area contributed by atoms with Crippen molar-refractivity contribution in [3.8, 4) is 11.5 Å². The lowest BCUT2D eigenvalue weighted by atomic mass is 9.91. The molecule has 0 amide bonds. The van der Waals surface area contributed by atoms with Gasteiger partial charge in [0.2, 0.25) is 5.79 Å². The number of esters is 1. The van der Waals surface area contributed by atoms with Crippen molar-refractivity contribution in [2.75, 3.05) is 6.61 Å². The monoisotopic (exact) mass is 450 g/mol. The van der Waals surface area contributed by atoms with Crippen molar-refractivity contribution >= 4 is 14.0 Å². The quantitative estimate of drug-likeness (QED) is 0.267. The van der Waals surface area contributed by atoms with Crippen LogP contribution in [0.2, 0.25) is 19.6 Å². The van der Waals surface area contributed by atoms with Crippen LogP contribution in [0.1, 0.15) is 47.0 Å². The van der Waals surface area contributed by atoms with E-state index in [1.54, 1.807) is 13.8 Å². The van der Waals surface area contributed by atoms with Crippen molar-refractivity contribution in [3.63, 3.8) is 0 Å². The zero-order valence-electron chi connectivity index (χ0n) is 19.9. The molecule has 7 heteroatoms. The van der Waals surface area contributed by atoms with Gasteiger partial charge in [-0.2, -0.15) is 0 Å². The lowest BCUT2D eigenvalue weighted by molar-refractivity contribution is -0.217. The van der Waals surface area contributed by atoms with Crippen LogP contribution in [0.25, 0.3) is 0 Å². The number of hydrogen-bond donors (Lipinski definition) is 2. The molecule has 2 N–H and O–H groups in total. The van der Waals surface area contributed by atoms with Crippen LogP contribution < -0.4 is 0 Å². The summed E-state index contributed by atoms with van der Waals surface area (Å²) in [5.41, 5.74) is 3.66. The first-order valence-corrected chi connectivity index (χ1v) is 14.6. The molecule has 0 bridgehead atoms. The van der Waals surface area contributed by atoms with Gasteiger partial charge in [0, 0.05) is 32.8 Å². The van der Waals surface area contributed by atoms with Crippen molar-refractivity contribution in [1.29, 1.82) is 0 Å². The Bertz CT molecular complexity index is 767. The molecule has 2 rings (SSSR count). The van der Waals surface area contributed by atoms with Crippen molar-refractivity contribution in [2.24, 2.45) is 11.8 Å². The van der Waals surface area contributed by atoms with E-state index in [9.17, 15) is 15.0 Å². The summed E-state index contributed by atoms with van der Waals surface area (Å²) in [4.78, 5) is 12.7. The maximum absolute atomic E-state index is 12.7. The number of rotatable bonds is 7. The molecule has 0 fully saturated rings. The van der Waals surface area contributed by atoms with Gasteiger partial charge in [-0.05, 0) is 18.8 Å². The van der Waals surface area contributed by atoms with Gasteiger partial charge in [-0.3, -0.25) is 0 Å². The SMILES string of the molecule is C[C@@H](/C=C/[C@H](C)[C@@H](O)C#C[Si](C)(C)C)C[C@@H]1O[C@H](CCO)CC2=C1C(=O)OC(C)(C)O2. The molecule has 0 spiro atoms. The van der Waals surface area contributed by atoms with Crippen LogP contribution in [0.3, 0.4) is 0 Å². The zero-order valence-corrected chi connectivity index (χ0v) is 20.9. The third-order valence-corrected chi connectivity index (χ3v) is 6.09. The van der Waals surface area contributed by atoms with Gasteiger partial charge in [0.05, 0.1) is 12.2 Å². The Morgan fingerprint density at radius 3 is 2.52 bits per heavy atom. The highest BCUT2D eigenvalue weighted by atomic mass is 28.3. The summed E-state index contributed by atoms with van der Waals surface area (Å²) in [5.74, 6) is 2.18. The van der Waals surface area contributed by atoms with E-state index < -0.39 is 32.0 Å². The molecule has 0 aromatic rings. The predicted octanol–water partition coefficient (Wildman–Crippen LogP) is 3.55. The molecule has 0 saturated heterocycles. The fourth-order valence-corrected chi connectivity index (χ4v) is 4.16. The summed E-state index contributed by atoms with van der Waals surface area (Å²) < 4.78 is 17.5. The molecule has 174 valence electrons. The van der Waals surface area contributed by atoms with E-state index in [4.69, 9.17) is 14.2 Å². The maximum atomic E-state index is 12.7. The first-order valence-electron chi connectivity index (χ1n) is 11.1. The van der Waals surface area contributed by atoms with Crippen molar-refractivity contribution in [1.82, 2.24) is 0 Å². The Kier molecular flexibility index (Phi) is 8.57. The Labute approximate surface area is 187 Å². The molecule has 6 nitrogen and oxygen atoms in total. The van der Waals surface area contributed by atoms with Gasteiger partial charge in [-0.15, -0.1) is 5.54 Å². The summed E-state index contributed by atoms with van der Waals surface area (Å²) >= 11 is 0. The highest BCUT2D eigenvalue weighted by Gasteiger charge is 2.43. The minimum Gasteiger partial charge on any atom is -0.456 e. The molecule has 2 aliphatic rings. The Morgan fingerprint density at radius 2 is 1.90 bits per heavy atom. The topological polar surface area (TPSA) is 85.2 Å². The molecular weight excluding hydrogens is 412 g/mol. The molecule has 0 saturated carbocycles. The standard InChI is InChI=1S/C24H38O6Si/c1-16(8-9-17(2)19(26)11-13-31(5,6)7)14-20-22-21(15-18(28-20)10-12-25)29-24(3,4)30-23(22)27/h8-9,16-20,25-26H,10,12,14-15H2,1-7H3/b9-8+/t16-,17-,18+,19-,20-/m0/s1. The number of allylic oxidation sites excluding steroid dienone is 1. The van der Waals surface area contributed by atoms with E-state index in [0.29, 0.717) is 30.6 Å². The summed E-state index contributed by atoms with van der Waals surface area (Å²) in [6.45, 7) is 13.9. The summed E-state index contributed by atoms with van der Waals surface area (Å²) in [6, 6.07) is 0. The highest BCUT2D eigenvalue weighted by Crippen LogP contribution is 2.38. The van der Waals surface area contributed by atoms with E-state index in [-0.39, 0.29) is 24.5 Å². The van der Waals surface area contributed by atoms with Crippen molar-refractivity contribution in [2.45, 2.75) is 90.7 Å². The van der Waals surface area contributed by atoms with Gasteiger partial charge in [0.15, 0.2) is 0 Å². The van der Waals surface area contributed by atoms with Gasteiger partial charge in [0.25, 0.3) is 0 Å². The zero-order chi connectivity index (χ0) is 23.4. The van der Waals surface area contributed by atoms with Crippen LogP contribution in [-0.4, -0.2) is 55.0 Å². The van der Waals surface area contributed by atoms with Crippen LogP contribution in [0.4, 0.5) is 0 Å². The average molecular weight is 451 g/mol. The predicted molar refractivity (Wildman–Crippen MR) is 122 cm³/mol. The lowest BCUT2D eigenvalue weighted by Crippen LogP contribution is -2.45. The number of aliphatic hydroxyl groups excluding tert-OH is 2. The van der Waals surface area contributed by atoms with Gasteiger partial charge in [-0.1, -0.05) is 51.6 Å². The van der Waals surface area contributed by atoms with Crippen molar-refractivity contribution in [3.05, 3.63) is 23.5 Å². The van der Waals surface area contributed by atoms with Crippen LogP contribution in [0, 0.1) is 23.3 Å². The molecule has 5 atom stereocenters. The molecule has 2 heterocycles. The third kappa shape index (κ3) is 7.80. The minimum absolute atomic E-state index is 0.0111. The van der Waals surface area contributed by atoms with Crippen LogP contribution >= 0.6 is 0 Å². The van der Waals surface area contributed by atoms with Gasteiger partial charge in [-0.25, -0.2) is 4.79 Å². The fraction of sp³-hybridized carbons (Fsp3) is 0.708. The highest BCUT2D eigenvalue weighted by molar-refractivity contribution is 6.83. The van der Waals surface area contributed by atoms with E-state index in [0.717, 1.165) is 0 Å². The second kappa shape index (κ2) is 10.3. The number of hydrogen-bond acceptors (Lipinski definition) is 6. The first kappa shape index (κ1) is 25.7. The number of ether oxygens (including phenoxy) is 3. The number of carbonyl (C=O) groups is 1. The van der Waals surface area contributed by atoms with E-state index in [1.165, 1.54) is 0 Å². The average Bonchev–Trinajstić information content (AvgIpc) is 2.62. The lowest BCUT2D eigenvalue weighted by Gasteiger charge is -2.40. The summed E-state index contributed by atoms with van der Waals surface area (Å²) in [7, 11) is -1.53. The van der Waals surface area contributed by atoms with Crippen molar-refractivity contribution < 1.29 is 29.2 Å². The molecule has 0 unspecified atom stereocenters. The smallest absolute Gasteiger partial charge is 0.343 e. The van der Waals surface area contributed by atoms with Crippen LogP contribution in [0.15, 0.2) is 23.5 Å². The largest absolute Gasteiger partial charge is 0.456 e.